The van der Waals surface area contributed by atoms with E-state index < -0.39 is 0 Å². The summed E-state index contributed by atoms with van der Waals surface area (Å²) in [5, 5.41) is 0. The molecule has 0 spiro atoms. The van der Waals surface area contributed by atoms with Crippen LogP contribution in [0, 0.1) is 0 Å². The monoisotopic (exact) mass is 237 g/mol. The predicted octanol–water partition coefficient (Wildman–Crippen LogP) is 3.94. The molecule has 2 nitrogen and oxygen atoms in total. The Morgan fingerprint density at radius 2 is 1.65 bits per heavy atom. The van der Waals surface area contributed by atoms with Gasteiger partial charge in [-0.2, -0.15) is 0 Å². The van der Waals surface area contributed by atoms with Gasteiger partial charge in [0.2, 0.25) is 5.91 Å². The molecule has 0 saturated carbocycles. The molecule has 0 aliphatic heterocycles. The van der Waals surface area contributed by atoms with Crippen molar-refractivity contribution >= 4 is 5.91 Å². The number of carbonyl (C=O) groups excluding carboxylic acids is 1. The van der Waals surface area contributed by atoms with Gasteiger partial charge in [-0.05, 0) is 25.7 Å². The Balaban J connectivity index is 3.83. The van der Waals surface area contributed by atoms with Crippen LogP contribution in [0.25, 0.3) is 0 Å². The number of hydrogen-bond donors (Lipinski definition) is 0. The molecule has 0 aromatic rings. The van der Waals surface area contributed by atoms with Crippen LogP contribution in [0.2, 0.25) is 0 Å². The Morgan fingerprint density at radius 1 is 1.00 bits per heavy atom. The molecule has 0 heterocycles. The standard InChI is InChI=1S/C15H27NO/c1-4-7-8-9-10-11-12-14-16(13-5-2)15(17)6-3/h7-8,11-12H,4-6,9-10,13-14H2,1-3H3/b8-7-,12-11+. The molecule has 98 valence electrons. The first-order chi connectivity index (χ1) is 8.26. The topological polar surface area (TPSA) is 20.3 Å². The molecule has 2 heteroatoms. The Labute approximate surface area is 106 Å². The largest absolute Gasteiger partial charge is 0.339 e. The fourth-order valence-electron chi connectivity index (χ4n) is 1.61. The highest BCUT2D eigenvalue weighted by Crippen LogP contribution is 1.99. The second-order valence-corrected chi connectivity index (χ2v) is 4.12. The van der Waals surface area contributed by atoms with Crippen molar-refractivity contribution in [2.24, 2.45) is 0 Å². The zero-order chi connectivity index (χ0) is 12.9. The van der Waals surface area contributed by atoms with Gasteiger partial charge in [-0.15, -0.1) is 0 Å². The van der Waals surface area contributed by atoms with E-state index in [-0.39, 0.29) is 5.91 Å². The molecule has 0 rings (SSSR count). The van der Waals surface area contributed by atoms with Gasteiger partial charge in [-0.3, -0.25) is 4.79 Å². The normalized spacial score (nSPS) is 11.5. The van der Waals surface area contributed by atoms with Gasteiger partial charge in [0.25, 0.3) is 0 Å². The van der Waals surface area contributed by atoms with E-state index in [4.69, 9.17) is 0 Å². The maximum absolute atomic E-state index is 11.6. The van der Waals surface area contributed by atoms with Gasteiger partial charge in [0.05, 0.1) is 0 Å². The zero-order valence-electron chi connectivity index (χ0n) is 11.6. The Bertz CT molecular complexity index is 243. The first-order valence-corrected chi connectivity index (χ1v) is 6.83. The molecule has 0 bridgehead atoms. The molecule has 0 radical (unpaired) electrons. The maximum Gasteiger partial charge on any atom is 0.222 e. The lowest BCUT2D eigenvalue weighted by atomic mass is 10.2. The highest BCUT2D eigenvalue weighted by atomic mass is 16.2. The summed E-state index contributed by atoms with van der Waals surface area (Å²) in [5.74, 6) is 0.252. The average Bonchev–Trinajstić information content (AvgIpc) is 2.35. The summed E-state index contributed by atoms with van der Waals surface area (Å²) < 4.78 is 0. The number of allylic oxidation sites excluding steroid dienone is 3. The molecule has 0 aliphatic carbocycles. The van der Waals surface area contributed by atoms with Gasteiger partial charge in [-0.1, -0.05) is 45.1 Å². The van der Waals surface area contributed by atoms with E-state index in [1.807, 2.05) is 11.8 Å². The minimum atomic E-state index is 0.252. The minimum absolute atomic E-state index is 0.252. The Morgan fingerprint density at radius 3 is 2.18 bits per heavy atom. The number of amides is 1. The zero-order valence-corrected chi connectivity index (χ0v) is 11.6. The highest BCUT2D eigenvalue weighted by molar-refractivity contribution is 5.75. The second-order valence-electron chi connectivity index (χ2n) is 4.12. The summed E-state index contributed by atoms with van der Waals surface area (Å²) in [6.07, 6.45) is 13.6. The lowest BCUT2D eigenvalue weighted by Gasteiger charge is -2.19. The first-order valence-electron chi connectivity index (χ1n) is 6.83. The van der Waals surface area contributed by atoms with E-state index in [0.29, 0.717) is 6.42 Å². The molecular weight excluding hydrogens is 210 g/mol. The summed E-state index contributed by atoms with van der Waals surface area (Å²) in [6, 6.07) is 0. The lowest BCUT2D eigenvalue weighted by Crippen LogP contribution is -2.31. The van der Waals surface area contributed by atoms with E-state index in [9.17, 15) is 4.79 Å². The van der Waals surface area contributed by atoms with E-state index >= 15 is 0 Å². The molecule has 0 aromatic heterocycles. The van der Waals surface area contributed by atoms with E-state index in [0.717, 1.165) is 38.8 Å². The van der Waals surface area contributed by atoms with Crippen LogP contribution in [0.5, 0.6) is 0 Å². The van der Waals surface area contributed by atoms with Crippen molar-refractivity contribution in [3.05, 3.63) is 24.3 Å². The fourth-order valence-corrected chi connectivity index (χ4v) is 1.61. The van der Waals surface area contributed by atoms with E-state index in [1.54, 1.807) is 0 Å². The molecule has 0 aliphatic rings. The molecule has 0 fully saturated rings. The third kappa shape index (κ3) is 8.73. The number of nitrogens with zero attached hydrogens (tertiary/aromatic N) is 1. The lowest BCUT2D eigenvalue weighted by molar-refractivity contribution is -0.130. The van der Waals surface area contributed by atoms with Crippen LogP contribution in [0.1, 0.15) is 52.9 Å². The van der Waals surface area contributed by atoms with Crippen molar-refractivity contribution in [1.29, 1.82) is 0 Å². The summed E-state index contributed by atoms with van der Waals surface area (Å²) >= 11 is 0. The average molecular weight is 237 g/mol. The van der Waals surface area contributed by atoms with Crippen LogP contribution in [-0.4, -0.2) is 23.9 Å². The maximum atomic E-state index is 11.6. The SMILES string of the molecule is CC/C=C\CC/C=C/CN(CCC)C(=O)CC. The number of unbranched alkanes of at least 4 members (excludes halogenated alkanes) is 1. The number of hydrogen-bond acceptors (Lipinski definition) is 1. The number of rotatable bonds is 9. The fraction of sp³-hybridized carbons (Fsp3) is 0.667. The van der Waals surface area contributed by atoms with Crippen molar-refractivity contribution in [1.82, 2.24) is 4.90 Å². The summed E-state index contributed by atoms with van der Waals surface area (Å²) in [5.41, 5.74) is 0. The quantitative estimate of drug-likeness (QED) is 0.439. The van der Waals surface area contributed by atoms with Crippen LogP contribution < -0.4 is 0 Å². The Hall–Kier alpha value is -1.05. The van der Waals surface area contributed by atoms with E-state index in [1.165, 1.54) is 0 Å². The van der Waals surface area contributed by atoms with Gasteiger partial charge < -0.3 is 4.90 Å². The molecular formula is C15H27NO. The van der Waals surface area contributed by atoms with Gasteiger partial charge >= 0.3 is 0 Å². The molecule has 0 unspecified atom stereocenters. The molecule has 0 saturated heterocycles. The Kier molecular flexibility index (Phi) is 10.7. The minimum Gasteiger partial charge on any atom is -0.339 e. The first kappa shape index (κ1) is 16.0. The summed E-state index contributed by atoms with van der Waals surface area (Å²) in [4.78, 5) is 13.5. The predicted molar refractivity (Wildman–Crippen MR) is 75.0 cm³/mol. The van der Waals surface area contributed by atoms with E-state index in [2.05, 4.69) is 38.2 Å². The molecule has 1 amide bonds. The van der Waals surface area contributed by atoms with Crippen LogP contribution in [0.4, 0.5) is 0 Å². The van der Waals surface area contributed by atoms with Gasteiger partial charge in [-0.25, -0.2) is 0 Å². The van der Waals surface area contributed by atoms with Gasteiger partial charge in [0.1, 0.15) is 0 Å². The molecule has 0 aromatic carbocycles. The van der Waals surface area contributed by atoms with Crippen LogP contribution in [-0.2, 0) is 4.79 Å². The van der Waals surface area contributed by atoms with Crippen LogP contribution in [0.15, 0.2) is 24.3 Å². The van der Waals surface area contributed by atoms with Crippen molar-refractivity contribution in [3.63, 3.8) is 0 Å². The van der Waals surface area contributed by atoms with Gasteiger partial charge in [0.15, 0.2) is 0 Å². The molecule has 0 N–H and O–H groups in total. The smallest absolute Gasteiger partial charge is 0.222 e. The molecule has 0 atom stereocenters. The third-order valence-corrected chi connectivity index (χ3v) is 2.54. The van der Waals surface area contributed by atoms with Crippen molar-refractivity contribution < 1.29 is 4.79 Å². The van der Waals surface area contributed by atoms with Crippen LogP contribution >= 0.6 is 0 Å². The van der Waals surface area contributed by atoms with Crippen molar-refractivity contribution in [3.8, 4) is 0 Å². The second kappa shape index (κ2) is 11.4. The van der Waals surface area contributed by atoms with Crippen molar-refractivity contribution in [2.75, 3.05) is 13.1 Å². The van der Waals surface area contributed by atoms with Gasteiger partial charge in [0, 0.05) is 19.5 Å². The summed E-state index contributed by atoms with van der Waals surface area (Å²) in [7, 11) is 0. The number of carbonyl (C=O) groups is 1. The molecule has 17 heavy (non-hydrogen) atoms. The highest BCUT2D eigenvalue weighted by Gasteiger charge is 2.07. The van der Waals surface area contributed by atoms with Crippen molar-refractivity contribution in [2.45, 2.75) is 52.9 Å². The third-order valence-electron chi connectivity index (χ3n) is 2.54. The van der Waals surface area contributed by atoms with Crippen LogP contribution in [0.3, 0.4) is 0 Å². The summed E-state index contributed by atoms with van der Waals surface area (Å²) in [6.45, 7) is 7.80.